The molecule has 0 saturated carbocycles. The Morgan fingerprint density at radius 2 is 1.94 bits per heavy atom. The normalized spacial score (nSPS) is 10.3. The van der Waals surface area contributed by atoms with Gasteiger partial charge in [-0.2, -0.15) is 4.98 Å². The Morgan fingerprint density at radius 3 is 2.61 bits per heavy atom. The molecule has 5 nitrogen and oxygen atoms in total. The number of aromatic nitrogens is 2. The Bertz CT molecular complexity index is 500. The zero-order valence-electron chi connectivity index (χ0n) is 10.2. The van der Waals surface area contributed by atoms with Crippen LogP contribution in [0, 0.1) is 0 Å². The van der Waals surface area contributed by atoms with Crippen LogP contribution in [0.2, 0.25) is 0 Å². The molecule has 0 aliphatic carbocycles. The summed E-state index contributed by atoms with van der Waals surface area (Å²) in [7, 11) is 1.69. The van der Waals surface area contributed by atoms with E-state index in [4.69, 9.17) is 15.2 Å². The fourth-order valence-corrected chi connectivity index (χ4v) is 1.48. The molecule has 5 heteroatoms. The van der Waals surface area contributed by atoms with Crippen molar-refractivity contribution in [2.24, 2.45) is 0 Å². The third-order valence-electron chi connectivity index (χ3n) is 2.39. The minimum absolute atomic E-state index is 0.198. The summed E-state index contributed by atoms with van der Waals surface area (Å²) in [6, 6.07) is 9.44. The molecule has 1 heterocycles. The molecule has 0 aliphatic rings. The molecule has 2 N–H and O–H groups in total. The van der Waals surface area contributed by atoms with E-state index >= 15 is 0 Å². The van der Waals surface area contributed by atoms with Crippen molar-refractivity contribution in [1.82, 2.24) is 9.97 Å². The van der Waals surface area contributed by atoms with Crippen LogP contribution in [-0.4, -0.2) is 23.7 Å². The Balaban J connectivity index is 2.02. The van der Waals surface area contributed by atoms with Gasteiger partial charge in [-0.1, -0.05) is 12.1 Å². The third kappa shape index (κ3) is 3.43. The molecule has 0 fully saturated rings. The number of ether oxygens (including phenoxy) is 2. The smallest absolute Gasteiger partial charge is 0.224 e. The molecule has 0 aliphatic heterocycles. The lowest BCUT2D eigenvalue weighted by molar-refractivity contribution is 0.202. The lowest BCUT2D eigenvalue weighted by Gasteiger charge is -2.06. The molecule has 0 atom stereocenters. The van der Waals surface area contributed by atoms with Crippen LogP contribution in [0.25, 0.3) is 0 Å². The largest absolute Gasteiger partial charge is 0.439 e. The Hall–Kier alpha value is -2.14. The van der Waals surface area contributed by atoms with E-state index < -0.39 is 0 Å². The van der Waals surface area contributed by atoms with Crippen LogP contribution in [0.1, 0.15) is 5.56 Å². The van der Waals surface area contributed by atoms with E-state index in [9.17, 15) is 0 Å². The van der Waals surface area contributed by atoms with E-state index in [0.29, 0.717) is 18.2 Å². The maximum Gasteiger partial charge on any atom is 0.224 e. The summed E-state index contributed by atoms with van der Waals surface area (Å²) in [5.74, 6) is 1.35. The van der Waals surface area contributed by atoms with Crippen molar-refractivity contribution < 1.29 is 9.47 Å². The van der Waals surface area contributed by atoms with Gasteiger partial charge in [0.15, 0.2) is 0 Å². The minimum atomic E-state index is 0.198. The van der Waals surface area contributed by atoms with E-state index in [2.05, 4.69) is 9.97 Å². The molecule has 2 rings (SSSR count). The highest BCUT2D eigenvalue weighted by Crippen LogP contribution is 2.19. The van der Waals surface area contributed by atoms with E-state index in [-0.39, 0.29) is 5.95 Å². The topological polar surface area (TPSA) is 70.3 Å². The van der Waals surface area contributed by atoms with Crippen LogP contribution >= 0.6 is 0 Å². The quantitative estimate of drug-likeness (QED) is 0.872. The lowest BCUT2D eigenvalue weighted by Crippen LogP contribution is -1.96. The number of nitrogen functional groups attached to an aromatic ring is 1. The molecule has 94 valence electrons. The van der Waals surface area contributed by atoms with E-state index in [1.54, 1.807) is 19.4 Å². The Morgan fingerprint density at radius 1 is 1.17 bits per heavy atom. The SMILES string of the molecule is COCCc1ccc(Oc2ccnc(N)n2)cc1. The van der Waals surface area contributed by atoms with Crippen molar-refractivity contribution in [3.63, 3.8) is 0 Å². The fraction of sp³-hybridized carbons (Fsp3) is 0.231. The molecule has 18 heavy (non-hydrogen) atoms. The van der Waals surface area contributed by atoms with Crippen LogP contribution in [0.3, 0.4) is 0 Å². The first-order valence-corrected chi connectivity index (χ1v) is 5.62. The first-order valence-electron chi connectivity index (χ1n) is 5.62. The highest BCUT2D eigenvalue weighted by molar-refractivity contribution is 5.31. The van der Waals surface area contributed by atoms with Gasteiger partial charge in [0, 0.05) is 19.4 Å². The second-order valence-corrected chi connectivity index (χ2v) is 3.74. The summed E-state index contributed by atoms with van der Waals surface area (Å²) >= 11 is 0. The molecule has 2 aromatic rings. The molecule has 0 radical (unpaired) electrons. The number of nitrogens with two attached hydrogens (primary N) is 1. The van der Waals surface area contributed by atoms with Gasteiger partial charge in [-0.15, -0.1) is 0 Å². The van der Waals surface area contributed by atoms with E-state index in [0.717, 1.165) is 6.42 Å². The van der Waals surface area contributed by atoms with Crippen molar-refractivity contribution in [3.05, 3.63) is 42.1 Å². The molecule has 1 aromatic heterocycles. The second kappa shape index (κ2) is 5.97. The number of anilines is 1. The molecular weight excluding hydrogens is 230 g/mol. The Kier molecular flexibility index (Phi) is 4.09. The van der Waals surface area contributed by atoms with Crippen molar-refractivity contribution >= 4 is 5.95 Å². The molecule has 0 spiro atoms. The number of hydrogen-bond donors (Lipinski definition) is 1. The lowest BCUT2D eigenvalue weighted by atomic mass is 10.1. The number of nitrogens with zero attached hydrogens (tertiary/aromatic N) is 2. The van der Waals surface area contributed by atoms with Crippen molar-refractivity contribution in [2.75, 3.05) is 19.5 Å². The Labute approximate surface area is 106 Å². The first kappa shape index (κ1) is 12.3. The van der Waals surface area contributed by atoms with Gasteiger partial charge in [0.1, 0.15) is 5.75 Å². The fourth-order valence-electron chi connectivity index (χ4n) is 1.48. The zero-order chi connectivity index (χ0) is 12.8. The highest BCUT2D eigenvalue weighted by atomic mass is 16.5. The summed E-state index contributed by atoms with van der Waals surface area (Å²) in [5, 5.41) is 0. The van der Waals surface area contributed by atoms with Gasteiger partial charge in [-0.3, -0.25) is 0 Å². The van der Waals surface area contributed by atoms with Gasteiger partial charge >= 0.3 is 0 Å². The number of rotatable bonds is 5. The van der Waals surface area contributed by atoms with Gasteiger partial charge < -0.3 is 15.2 Å². The molecular formula is C13H15N3O2. The summed E-state index contributed by atoms with van der Waals surface area (Å²) in [6.45, 7) is 0.711. The van der Waals surface area contributed by atoms with Gasteiger partial charge in [0.25, 0.3) is 0 Å². The molecule has 0 bridgehead atoms. The monoisotopic (exact) mass is 245 g/mol. The summed E-state index contributed by atoms with van der Waals surface area (Å²) < 4.78 is 10.6. The maximum absolute atomic E-state index is 5.56. The predicted octanol–water partition coefficient (Wildman–Crippen LogP) is 2.04. The van der Waals surface area contributed by atoms with Gasteiger partial charge in [-0.05, 0) is 24.1 Å². The average Bonchev–Trinajstić information content (AvgIpc) is 2.38. The van der Waals surface area contributed by atoms with Gasteiger partial charge in [0.05, 0.1) is 6.61 Å². The van der Waals surface area contributed by atoms with Crippen molar-refractivity contribution in [1.29, 1.82) is 0 Å². The number of benzene rings is 1. The van der Waals surface area contributed by atoms with Crippen molar-refractivity contribution in [3.8, 4) is 11.6 Å². The number of hydrogen-bond acceptors (Lipinski definition) is 5. The van der Waals surface area contributed by atoms with Crippen molar-refractivity contribution in [2.45, 2.75) is 6.42 Å². The second-order valence-electron chi connectivity index (χ2n) is 3.74. The van der Waals surface area contributed by atoms with Crippen LogP contribution in [0.15, 0.2) is 36.5 Å². The number of methoxy groups -OCH3 is 1. The molecule has 0 saturated heterocycles. The van der Waals surface area contributed by atoms with Gasteiger partial charge in [0.2, 0.25) is 11.8 Å². The average molecular weight is 245 g/mol. The van der Waals surface area contributed by atoms with E-state index in [1.807, 2.05) is 24.3 Å². The van der Waals surface area contributed by atoms with Crippen LogP contribution < -0.4 is 10.5 Å². The van der Waals surface area contributed by atoms with Crippen LogP contribution in [-0.2, 0) is 11.2 Å². The third-order valence-corrected chi connectivity index (χ3v) is 2.39. The summed E-state index contributed by atoms with van der Waals surface area (Å²) in [6.07, 6.45) is 2.45. The molecule has 0 amide bonds. The zero-order valence-corrected chi connectivity index (χ0v) is 10.2. The summed E-state index contributed by atoms with van der Waals surface area (Å²) in [4.78, 5) is 7.77. The first-order chi connectivity index (χ1) is 8.78. The highest BCUT2D eigenvalue weighted by Gasteiger charge is 2.00. The van der Waals surface area contributed by atoms with Crippen LogP contribution in [0.5, 0.6) is 11.6 Å². The predicted molar refractivity (Wildman–Crippen MR) is 68.5 cm³/mol. The molecule has 0 unspecified atom stereocenters. The van der Waals surface area contributed by atoms with E-state index in [1.165, 1.54) is 5.56 Å². The summed E-state index contributed by atoms with van der Waals surface area (Å²) in [5.41, 5.74) is 6.68. The molecule has 1 aromatic carbocycles. The maximum atomic E-state index is 5.56. The standard InChI is InChI=1S/C13H15N3O2/c1-17-9-7-10-2-4-11(5-3-10)18-12-6-8-15-13(14)16-12/h2-6,8H,7,9H2,1H3,(H2,14,15,16). The van der Waals surface area contributed by atoms with Gasteiger partial charge in [-0.25, -0.2) is 4.98 Å². The minimum Gasteiger partial charge on any atom is -0.439 e. The van der Waals surface area contributed by atoms with Crippen LogP contribution in [0.4, 0.5) is 5.95 Å².